The molecule has 0 saturated carbocycles. The molecule has 2 unspecified atom stereocenters. The number of hydrogen-bond acceptors (Lipinski definition) is 3. The number of terminal acetylenes is 2. The first-order chi connectivity index (χ1) is 8.20. The molecule has 102 valence electrons. The van der Waals surface area contributed by atoms with Gasteiger partial charge in [0.25, 0.3) is 0 Å². The van der Waals surface area contributed by atoms with Gasteiger partial charge >= 0.3 is 5.97 Å². The van der Waals surface area contributed by atoms with Gasteiger partial charge in [0, 0.05) is 6.42 Å². The number of methoxy groups -OCH3 is 1. The molecule has 3 nitrogen and oxygen atoms in total. The summed E-state index contributed by atoms with van der Waals surface area (Å²) in [5.41, 5.74) is -1.30. The van der Waals surface area contributed by atoms with Gasteiger partial charge in [-0.05, 0) is 13.8 Å². The van der Waals surface area contributed by atoms with Crippen molar-refractivity contribution in [3.63, 3.8) is 0 Å². The number of ether oxygens (including phenoxy) is 1. The van der Waals surface area contributed by atoms with Crippen LogP contribution < -0.4 is 0 Å². The van der Waals surface area contributed by atoms with Gasteiger partial charge in [-0.25, -0.2) is 13.6 Å². The molecule has 5 heteroatoms. The van der Waals surface area contributed by atoms with E-state index in [0.717, 1.165) is 7.11 Å². The van der Waals surface area contributed by atoms with E-state index >= 15 is 0 Å². The fourth-order valence-corrected chi connectivity index (χ4v) is 0.668. The Morgan fingerprint density at radius 3 is 2.00 bits per heavy atom. The van der Waals surface area contributed by atoms with Gasteiger partial charge < -0.3 is 9.84 Å². The van der Waals surface area contributed by atoms with E-state index in [1.807, 2.05) is 5.92 Å². The summed E-state index contributed by atoms with van der Waals surface area (Å²) in [5.74, 6) is 3.24. The van der Waals surface area contributed by atoms with Gasteiger partial charge in [-0.3, -0.25) is 0 Å². The first-order valence-corrected chi connectivity index (χ1v) is 5.15. The minimum atomic E-state index is -1.67. The minimum absolute atomic E-state index is 0.0243. The van der Waals surface area contributed by atoms with Crippen molar-refractivity contribution in [2.24, 2.45) is 0 Å². The maximum Gasteiger partial charge on any atom is 0.341 e. The summed E-state index contributed by atoms with van der Waals surface area (Å²) < 4.78 is 28.8. The molecule has 0 saturated heterocycles. The lowest BCUT2D eigenvalue weighted by molar-refractivity contribution is -0.146. The van der Waals surface area contributed by atoms with Gasteiger partial charge in [-0.15, -0.1) is 24.7 Å². The largest absolute Gasteiger partial charge is 0.467 e. The molecule has 0 aliphatic heterocycles. The normalized spacial score (nSPS) is 13.1. The second kappa shape index (κ2) is 9.44. The van der Waals surface area contributed by atoms with Crippen LogP contribution in [0.25, 0.3) is 0 Å². The van der Waals surface area contributed by atoms with Gasteiger partial charge in [-0.2, -0.15) is 0 Å². The van der Waals surface area contributed by atoms with Crippen molar-refractivity contribution >= 4 is 5.97 Å². The van der Waals surface area contributed by atoms with Gasteiger partial charge in [0.2, 0.25) is 6.17 Å². The van der Waals surface area contributed by atoms with Crippen molar-refractivity contribution in [3.8, 4) is 24.7 Å². The number of hydrogen-bond donors (Lipinski definition) is 1. The van der Waals surface area contributed by atoms with Crippen LogP contribution in [0.3, 0.4) is 0 Å². The fraction of sp³-hybridized carbons (Fsp3) is 0.615. The van der Waals surface area contributed by atoms with E-state index in [2.05, 4.69) is 10.7 Å². The number of carbonyl (C=O) groups is 1. The molecular formula is C13H18F2O3. The summed E-state index contributed by atoms with van der Waals surface area (Å²) in [6, 6.07) is 0. The van der Waals surface area contributed by atoms with Crippen LogP contribution in [0, 0.1) is 24.7 Å². The predicted octanol–water partition coefficient (Wildman–Crippen LogP) is 1.64. The lowest BCUT2D eigenvalue weighted by Crippen LogP contribution is -2.31. The number of alkyl halides is 2. The molecule has 1 N–H and O–H groups in total. The van der Waals surface area contributed by atoms with Gasteiger partial charge in [-0.1, -0.05) is 0 Å². The second-order valence-corrected chi connectivity index (χ2v) is 3.93. The number of halogens is 2. The molecule has 0 rings (SSSR count). The molecule has 0 amide bonds. The van der Waals surface area contributed by atoms with E-state index in [1.165, 1.54) is 13.8 Å². The summed E-state index contributed by atoms with van der Waals surface area (Å²) in [7, 11) is 1.12. The van der Waals surface area contributed by atoms with Gasteiger partial charge in [0.15, 0.2) is 0 Å². The van der Waals surface area contributed by atoms with Crippen molar-refractivity contribution in [2.75, 3.05) is 7.11 Å². The Morgan fingerprint density at radius 2 is 1.78 bits per heavy atom. The zero-order valence-corrected chi connectivity index (χ0v) is 10.7. The predicted molar refractivity (Wildman–Crippen MR) is 65.0 cm³/mol. The Hall–Kier alpha value is -1.59. The zero-order chi connectivity index (χ0) is 14.8. The van der Waals surface area contributed by atoms with E-state index in [4.69, 9.17) is 18.0 Å². The SMILES string of the molecule is C#CCC(F)C(=O)OC.C#CCC(F)C(C)(C)O. The maximum absolute atomic E-state index is 12.5. The van der Waals surface area contributed by atoms with Crippen LogP contribution in [0.4, 0.5) is 8.78 Å². The Morgan fingerprint density at radius 1 is 1.33 bits per heavy atom. The third-order valence-electron chi connectivity index (χ3n) is 1.82. The van der Waals surface area contributed by atoms with E-state index < -0.39 is 23.9 Å². The maximum atomic E-state index is 12.5. The van der Waals surface area contributed by atoms with Gasteiger partial charge in [0.1, 0.15) is 6.17 Å². The van der Waals surface area contributed by atoms with Crippen LogP contribution in [0.5, 0.6) is 0 Å². The molecule has 0 fully saturated rings. The van der Waals surface area contributed by atoms with E-state index in [9.17, 15) is 13.6 Å². The third-order valence-corrected chi connectivity index (χ3v) is 1.82. The Labute approximate surface area is 107 Å². The Bertz CT molecular complexity index is 321. The zero-order valence-electron chi connectivity index (χ0n) is 10.7. The highest BCUT2D eigenvalue weighted by Gasteiger charge is 2.24. The number of aliphatic hydroxyl groups is 1. The molecule has 18 heavy (non-hydrogen) atoms. The molecule has 0 spiro atoms. The molecule has 0 aliphatic rings. The monoisotopic (exact) mass is 260 g/mol. The number of esters is 1. The lowest BCUT2D eigenvalue weighted by atomic mass is 10.0. The topological polar surface area (TPSA) is 46.5 Å². The summed E-state index contributed by atoms with van der Waals surface area (Å²) in [5, 5.41) is 8.95. The highest BCUT2D eigenvalue weighted by molar-refractivity contribution is 5.74. The van der Waals surface area contributed by atoms with Gasteiger partial charge in [0.05, 0.1) is 19.1 Å². The van der Waals surface area contributed by atoms with E-state index in [0.29, 0.717) is 0 Å². The molecule has 0 heterocycles. The molecule has 0 bridgehead atoms. The Kier molecular flexibility index (Phi) is 9.84. The molecule has 0 radical (unpaired) electrons. The lowest BCUT2D eigenvalue weighted by Gasteiger charge is -2.19. The highest BCUT2D eigenvalue weighted by atomic mass is 19.1. The minimum Gasteiger partial charge on any atom is -0.467 e. The summed E-state index contributed by atoms with van der Waals surface area (Å²) in [4.78, 5) is 10.2. The van der Waals surface area contributed by atoms with Crippen LogP contribution in [0.2, 0.25) is 0 Å². The van der Waals surface area contributed by atoms with Crippen LogP contribution in [-0.4, -0.2) is 36.1 Å². The highest BCUT2D eigenvalue weighted by Crippen LogP contribution is 2.14. The second-order valence-electron chi connectivity index (χ2n) is 3.93. The first-order valence-electron chi connectivity index (χ1n) is 5.15. The molecule has 0 aromatic rings. The number of rotatable bonds is 4. The quantitative estimate of drug-likeness (QED) is 0.617. The number of carbonyl (C=O) groups excluding carboxylic acids is 1. The summed E-state index contributed by atoms with van der Waals surface area (Å²) in [6.07, 6.45) is 6.33. The smallest absolute Gasteiger partial charge is 0.341 e. The van der Waals surface area contributed by atoms with Crippen LogP contribution in [-0.2, 0) is 9.53 Å². The summed E-state index contributed by atoms with van der Waals surface area (Å²) in [6.45, 7) is 2.80. The third kappa shape index (κ3) is 9.62. The average Bonchev–Trinajstić information content (AvgIpc) is 2.28. The van der Waals surface area contributed by atoms with Crippen molar-refractivity contribution in [1.82, 2.24) is 0 Å². The molecular weight excluding hydrogens is 242 g/mol. The van der Waals surface area contributed by atoms with Crippen molar-refractivity contribution in [3.05, 3.63) is 0 Å². The Balaban J connectivity index is 0. The molecule has 0 aliphatic carbocycles. The van der Waals surface area contributed by atoms with Crippen molar-refractivity contribution < 1.29 is 23.4 Å². The van der Waals surface area contributed by atoms with E-state index in [-0.39, 0.29) is 12.8 Å². The molecule has 2 atom stereocenters. The molecule has 0 aromatic carbocycles. The van der Waals surface area contributed by atoms with Crippen molar-refractivity contribution in [2.45, 2.75) is 44.6 Å². The van der Waals surface area contributed by atoms with Crippen LogP contribution >= 0.6 is 0 Å². The van der Waals surface area contributed by atoms with Crippen LogP contribution in [0.15, 0.2) is 0 Å². The van der Waals surface area contributed by atoms with Crippen LogP contribution in [0.1, 0.15) is 26.7 Å². The van der Waals surface area contributed by atoms with E-state index in [1.54, 1.807) is 0 Å². The standard InChI is InChI=1S/C7H11FO.C6H7FO2/c1-4-5-6(8)7(2,3)9;1-3-4-5(7)6(8)9-2/h1,6,9H,5H2,2-3H3;1,5H,4H2,2H3. The first kappa shape index (κ1) is 18.8. The average molecular weight is 260 g/mol. The summed E-state index contributed by atoms with van der Waals surface area (Å²) >= 11 is 0. The van der Waals surface area contributed by atoms with Crippen molar-refractivity contribution in [1.29, 1.82) is 0 Å². The fourth-order valence-electron chi connectivity index (χ4n) is 0.668. The molecule has 0 aromatic heterocycles.